The van der Waals surface area contributed by atoms with E-state index in [9.17, 15) is 0 Å². The van der Waals surface area contributed by atoms with Gasteiger partial charge in [0.2, 0.25) is 0 Å². The highest BCUT2D eigenvalue weighted by Crippen LogP contribution is 2.22. The summed E-state index contributed by atoms with van der Waals surface area (Å²) in [7, 11) is 0. The monoisotopic (exact) mass is 199 g/mol. The third-order valence-corrected chi connectivity index (χ3v) is 2.88. The molecule has 0 N–H and O–H groups in total. The Hall–Kier alpha value is -1.59. The van der Waals surface area contributed by atoms with Crippen molar-refractivity contribution in [2.75, 3.05) is 0 Å². The molecule has 0 unspecified atom stereocenters. The second-order valence-electron chi connectivity index (χ2n) is 2.98. The van der Waals surface area contributed by atoms with Gasteiger partial charge in [-0.3, -0.25) is 0 Å². The average Bonchev–Trinajstić information content (AvgIpc) is 2.65. The summed E-state index contributed by atoms with van der Waals surface area (Å²) < 4.78 is 1.30. The first-order valence-electron chi connectivity index (χ1n) is 4.41. The van der Waals surface area contributed by atoms with Gasteiger partial charge in [0.25, 0.3) is 0 Å². The van der Waals surface area contributed by atoms with Crippen molar-refractivity contribution in [1.29, 1.82) is 5.26 Å². The molecule has 0 atom stereocenters. The molecule has 0 aliphatic rings. The summed E-state index contributed by atoms with van der Waals surface area (Å²) in [5, 5.41) is 11.8. The normalized spacial score (nSPS) is 10.8. The highest BCUT2D eigenvalue weighted by molar-refractivity contribution is 7.17. The van der Waals surface area contributed by atoms with E-state index in [0.717, 1.165) is 5.56 Å². The van der Waals surface area contributed by atoms with Gasteiger partial charge in [0, 0.05) is 4.70 Å². The van der Waals surface area contributed by atoms with Gasteiger partial charge in [-0.15, -0.1) is 11.3 Å². The van der Waals surface area contributed by atoms with E-state index in [2.05, 4.69) is 35.7 Å². The van der Waals surface area contributed by atoms with Gasteiger partial charge >= 0.3 is 0 Å². The topological polar surface area (TPSA) is 23.8 Å². The maximum absolute atomic E-state index is 8.38. The van der Waals surface area contributed by atoms with E-state index in [-0.39, 0.29) is 0 Å². The van der Waals surface area contributed by atoms with Gasteiger partial charge in [-0.05, 0) is 28.5 Å². The van der Waals surface area contributed by atoms with Crippen LogP contribution in [-0.2, 0) is 0 Å². The van der Waals surface area contributed by atoms with E-state index in [1.165, 1.54) is 10.1 Å². The zero-order valence-electron chi connectivity index (χ0n) is 7.60. The lowest BCUT2D eigenvalue weighted by atomic mass is 10.1. The lowest BCUT2D eigenvalue weighted by Crippen LogP contribution is -1.70. The lowest BCUT2D eigenvalue weighted by molar-refractivity contribution is 1.36. The van der Waals surface area contributed by atoms with Crippen LogP contribution >= 0.6 is 11.3 Å². The number of fused-ring (bicyclic) bond motifs is 1. The van der Waals surface area contributed by atoms with E-state index in [4.69, 9.17) is 5.26 Å². The molecule has 14 heavy (non-hydrogen) atoms. The Morgan fingerprint density at radius 3 is 3.14 bits per heavy atom. The number of rotatable bonds is 2. The van der Waals surface area contributed by atoms with Crippen LogP contribution in [0.4, 0.5) is 0 Å². The number of hydrogen-bond donors (Lipinski definition) is 0. The van der Waals surface area contributed by atoms with Crippen molar-refractivity contribution >= 4 is 27.5 Å². The van der Waals surface area contributed by atoms with Gasteiger partial charge in [0.15, 0.2) is 0 Å². The third-order valence-electron chi connectivity index (χ3n) is 2.00. The molecule has 2 rings (SSSR count). The number of nitrogens with zero attached hydrogens (tertiary/aromatic N) is 1. The number of benzene rings is 1. The third kappa shape index (κ3) is 1.84. The summed E-state index contributed by atoms with van der Waals surface area (Å²) in [6.45, 7) is 0. The summed E-state index contributed by atoms with van der Waals surface area (Å²) in [5.41, 5.74) is 1.16. The Morgan fingerprint density at radius 1 is 1.36 bits per heavy atom. The maximum Gasteiger partial charge on any atom is 0.0663 e. The van der Waals surface area contributed by atoms with E-state index < -0.39 is 0 Å². The SMILES string of the molecule is N#CCC=Cc1ccc2ccsc2c1. The zero-order chi connectivity index (χ0) is 9.80. The highest BCUT2D eigenvalue weighted by Gasteiger charge is 1.94. The van der Waals surface area contributed by atoms with Crippen LogP contribution in [0.25, 0.3) is 16.2 Å². The summed E-state index contributed by atoms with van der Waals surface area (Å²) in [5.74, 6) is 0. The number of thiophene rings is 1. The van der Waals surface area contributed by atoms with E-state index in [1.807, 2.05) is 12.2 Å². The summed E-state index contributed by atoms with van der Waals surface area (Å²) in [6, 6.07) is 10.5. The molecule has 0 aliphatic heterocycles. The van der Waals surface area contributed by atoms with Crippen LogP contribution < -0.4 is 0 Å². The molecule has 68 valence electrons. The van der Waals surface area contributed by atoms with Crippen molar-refractivity contribution in [2.24, 2.45) is 0 Å². The fraction of sp³-hybridized carbons (Fsp3) is 0.0833. The number of nitriles is 1. The fourth-order valence-corrected chi connectivity index (χ4v) is 2.16. The van der Waals surface area contributed by atoms with Crippen LogP contribution in [-0.4, -0.2) is 0 Å². The van der Waals surface area contributed by atoms with Crippen LogP contribution in [0.3, 0.4) is 0 Å². The molecular formula is C12H9NS. The van der Waals surface area contributed by atoms with Crippen molar-refractivity contribution in [1.82, 2.24) is 0 Å². The smallest absolute Gasteiger partial charge is 0.0663 e. The van der Waals surface area contributed by atoms with Crippen molar-refractivity contribution in [3.8, 4) is 6.07 Å². The van der Waals surface area contributed by atoms with Crippen molar-refractivity contribution < 1.29 is 0 Å². The first-order valence-corrected chi connectivity index (χ1v) is 5.29. The predicted molar refractivity (Wildman–Crippen MR) is 61.1 cm³/mol. The van der Waals surface area contributed by atoms with E-state index in [0.29, 0.717) is 6.42 Å². The standard InChI is InChI=1S/C12H9NS/c13-7-2-1-3-10-4-5-11-6-8-14-12(11)9-10/h1,3-6,8-9H,2H2. The minimum atomic E-state index is 0.475. The molecule has 1 nitrogen and oxygen atoms in total. The van der Waals surface area contributed by atoms with Crippen molar-refractivity contribution in [3.05, 3.63) is 41.3 Å². The van der Waals surface area contributed by atoms with Crippen LogP contribution in [0.5, 0.6) is 0 Å². The molecular weight excluding hydrogens is 190 g/mol. The minimum Gasteiger partial charge on any atom is -0.198 e. The maximum atomic E-state index is 8.38. The van der Waals surface area contributed by atoms with Crippen molar-refractivity contribution in [3.63, 3.8) is 0 Å². The van der Waals surface area contributed by atoms with Crippen LogP contribution in [0.1, 0.15) is 12.0 Å². The molecule has 2 aromatic rings. The van der Waals surface area contributed by atoms with Crippen LogP contribution in [0.15, 0.2) is 35.7 Å². The Kier molecular flexibility index (Phi) is 2.62. The number of hydrogen-bond acceptors (Lipinski definition) is 2. The molecule has 0 fully saturated rings. The fourth-order valence-electron chi connectivity index (χ4n) is 1.32. The van der Waals surface area contributed by atoms with Crippen LogP contribution in [0, 0.1) is 11.3 Å². The van der Waals surface area contributed by atoms with Gasteiger partial charge in [0.1, 0.15) is 0 Å². The molecule has 0 aliphatic carbocycles. The Morgan fingerprint density at radius 2 is 2.29 bits per heavy atom. The molecule has 0 amide bonds. The highest BCUT2D eigenvalue weighted by atomic mass is 32.1. The molecule has 0 spiro atoms. The summed E-state index contributed by atoms with van der Waals surface area (Å²) in [6.07, 6.45) is 4.35. The van der Waals surface area contributed by atoms with Gasteiger partial charge in [0.05, 0.1) is 12.5 Å². The zero-order valence-corrected chi connectivity index (χ0v) is 8.42. The molecule has 1 heterocycles. The largest absolute Gasteiger partial charge is 0.198 e. The van der Waals surface area contributed by atoms with Gasteiger partial charge in [-0.2, -0.15) is 5.26 Å². The lowest BCUT2D eigenvalue weighted by Gasteiger charge is -1.92. The van der Waals surface area contributed by atoms with E-state index in [1.54, 1.807) is 11.3 Å². The predicted octanol–water partition coefficient (Wildman–Crippen LogP) is 3.83. The summed E-state index contributed by atoms with van der Waals surface area (Å²) in [4.78, 5) is 0. The molecule has 0 saturated heterocycles. The summed E-state index contributed by atoms with van der Waals surface area (Å²) >= 11 is 1.74. The van der Waals surface area contributed by atoms with Gasteiger partial charge in [-0.1, -0.05) is 24.3 Å². The molecule has 2 heteroatoms. The Bertz CT molecular complexity index is 502. The van der Waals surface area contributed by atoms with Crippen molar-refractivity contribution in [2.45, 2.75) is 6.42 Å². The Balaban J connectivity index is 2.31. The van der Waals surface area contributed by atoms with Gasteiger partial charge in [-0.25, -0.2) is 0 Å². The molecule has 1 aromatic heterocycles. The quantitative estimate of drug-likeness (QED) is 0.721. The molecule has 0 bridgehead atoms. The minimum absolute atomic E-state index is 0.475. The molecule has 0 radical (unpaired) electrons. The van der Waals surface area contributed by atoms with Gasteiger partial charge < -0.3 is 0 Å². The van der Waals surface area contributed by atoms with E-state index >= 15 is 0 Å². The first kappa shape index (κ1) is 8.98. The second-order valence-corrected chi connectivity index (χ2v) is 3.93. The molecule has 1 aromatic carbocycles. The number of allylic oxidation sites excluding steroid dienone is 1. The first-order chi connectivity index (χ1) is 6.90. The Labute approximate surface area is 86.9 Å². The average molecular weight is 199 g/mol. The molecule has 0 saturated carbocycles. The second kappa shape index (κ2) is 4.08. The van der Waals surface area contributed by atoms with Crippen LogP contribution in [0.2, 0.25) is 0 Å².